The van der Waals surface area contributed by atoms with Gasteiger partial charge in [-0.2, -0.15) is 0 Å². The number of hydrogen-bond acceptors (Lipinski definition) is 4. The van der Waals surface area contributed by atoms with Crippen LogP contribution in [-0.4, -0.2) is 36.9 Å². The van der Waals surface area contributed by atoms with Crippen LogP contribution < -0.4 is 5.32 Å². The van der Waals surface area contributed by atoms with Gasteiger partial charge in [-0.25, -0.2) is 0 Å². The molecule has 2 saturated carbocycles. The fourth-order valence-electron chi connectivity index (χ4n) is 3.37. The molecule has 122 valence electrons. The lowest BCUT2D eigenvalue weighted by Crippen LogP contribution is -2.56. The van der Waals surface area contributed by atoms with E-state index in [1.807, 2.05) is 6.92 Å². The minimum atomic E-state index is -0.448. The molecule has 0 bridgehead atoms. The first-order chi connectivity index (χ1) is 10.1. The Morgan fingerprint density at radius 1 is 1.33 bits per heavy atom. The van der Waals surface area contributed by atoms with Gasteiger partial charge in [0.2, 0.25) is 0 Å². The summed E-state index contributed by atoms with van der Waals surface area (Å²) in [5, 5.41) is 3.62. The van der Waals surface area contributed by atoms with Crippen LogP contribution in [0.4, 0.5) is 0 Å². The zero-order chi connectivity index (χ0) is 15.3. The summed E-state index contributed by atoms with van der Waals surface area (Å²) >= 11 is 0. The molecule has 2 rings (SSSR count). The predicted octanol–water partition coefficient (Wildman–Crippen LogP) is 3.05. The predicted molar refractivity (Wildman–Crippen MR) is 83.2 cm³/mol. The van der Waals surface area contributed by atoms with Crippen LogP contribution in [0.3, 0.4) is 0 Å². The van der Waals surface area contributed by atoms with Crippen molar-refractivity contribution >= 4 is 5.97 Å². The van der Waals surface area contributed by atoms with Crippen molar-refractivity contribution in [2.75, 3.05) is 13.2 Å². The van der Waals surface area contributed by atoms with Crippen LogP contribution in [0.1, 0.15) is 65.7 Å². The molecule has 3 unspecified atom stereocenters. The molecule has 4 nitrogen and oxygen atoms in total. The summed E-state index contributed by atoms with van der Waals surface area (Å²) in [4.78, 5) is 12.6. The molecule has 3 atom stereocenters. The second-order valence-corrected chi connectivity index (χ2v) is 6.58. The molecule has 1 N–H and O–H groups in total. The maximum Gasteiger partial charge on any atom is 0.326 e. The summed E-state index contributed by atoms with van der Waals surface area (Å²) in [5.41, 5.74) is -0.448. The highest BCUT2D eigenvalue weighted by atomic mass is 16.5. The molecule has 21 heavy (non-hydrogen) atoms. The first-order valence-electron chi connectivity index (χ1n) is 8.69. The van der Waals surface area contributed by atoms with E-state index in [0.29, 0.717) is 24.7 Å². The van der Waals surface area contributed by atoms with Gasteiger partial charge in [0, 0.05) is 12.6 Å². The number of rotatable bonds is 9. The van der Waals surface area contributed by atoms with Crippen molar-refractivity contribution in [3.8, 4) is 0 Å². The highest BCUT2D eigenvalue weighted by Crippen LogP contribution is 2.41. The maximum atomic E-state index is 12.6. The summed E-state index contributed by atoms with van der Waals surface area (Å²) < 4.78 is 11.2. The third-order valence-corrected chi connectivity index (χ3v) is 4.94. The van der Waals surface area contributed by atoms with E-state index < -0.39 is 5.54 Å². The van der Waals surface area contributed by atoms with Crippen molar-refractivity contribution in [2.45, 2.75) is 83.4 Å². The summed E-state index contributed by atoms with van der Waals surface area (Å²) in [7, 11) is 0. The Hall–Kier alpha value is -0.610. The van der Waals surface area contributed by atoms with Crippen LogP contribution in [0.25, 0.3) is 0 Å². The zero-order valence-corrected chi connectivity index (χ0v) is 13.8. The van der Waals surface area contributed by atoms with Crippen molar-refractivity contribution in [1.82, 2.24) is 5.32 Å². The van der Waals surface area contributed by atoms with Crippen LogP contribution in [0, 0.1) is 5.92 Å². The number of hydrogen-bond donors (Lipinski definition) is 1. The van der Waals surface area contributed by atoms with E-state index in [2.05, 4.69) is 19.2 Å². The van der Waals surface area contributed by atoms with Gasteiger partial charge in [0.15, 0.2) is 0 Å². The lowest BCUT2D eigenvalue weighted by molar-refractivity contribution is -0.153. The summed E-state index contributed by atoms with van der Waals surface area (Å²) in [5.74, 6) is 0.309. The molecule has 2 fully saturated rings. The van der Waals surface area contributed by atoms with E-state index in [1.54, 1.807) is 0 Å². The van der Waals surface area contributed by atoms with Gasteiger partial charge in [-0.1, -0.05) is 13.3 Å². The fourth-order valence-corrected chi connectivity index (χ4v) is 3.37. The number of ether oxygens (including phenoxy) is 2. The van der Waals surface area contributed by atoms with Gasteiger partial charge in [-0.15, -0.1) is 0 Å². The third-order valence-electron chi connectivity index (χ3n) is 4.94. The SMILES string of the molecule is CCOC(=O)C1(NC2CC2)CCCC1CCOC(C)CC. The topological polar surface area (TPSA) is 47.6 Å². The minimum absolute atomic E-state index is 0.0389. The second-order valence-electron chi connectivity index (χ2n) is 6.58. The van der Waals surface area contributed by atoms with Crippen molar-refractivity contribution < 1.29 is 14.3 Å². The van der Waals surface area contributed by atoms with Gasteiger partial charge in [-0.3, -0.25) is 10.1 Å². The average molecular weight is 297 g/mol. The molecule has 4 heteroatoms. The Bertz CT molecular complexity index is 343. The Morgan fingerprint density at radius 3 is 2.71 bits per heavy atom. The van der Waals surface area contributed by atoms with Gasteiger partial charge >= 0.3 is 5.97 Å². The second kappa shape index (κ2) is 7.59. The van der Waals surface area contributed by atoms with Gasteiger partial charge in [0.25, 0.3) is 0 Å². The minimum Gasteiger partial charge on any atom is -0.465 e. The molecule has 0 amide bonds. The number of carbonyl (C=O) groups is 1. The van der Waals surface area contributed by atoms with Crippen LogP contribution in [-0.2, 0) is 14.3 Å². The number of esters is 1. The van der Waals surface area contributed by atoms with Crippen LogP contribution in [0.5, 0.6) is 0 Å². The normalized spacial score (nSPS) is 30.3. The van der Waals surface area contributed by atoms with Crippen LogP contribution >= 0.6 is 0 Å². The van der Waals surface area contributed by atoms with Crippen molar-refractivity contribution in [1.29, 1.82) is 0 Å². The Labute approximate surface area is 129 Å². The third kappa shape index (κ3) is 4.19. The van der Waals surface area contributed by atoms with Crippen LogP contribution in [0.2, 0.25) is 0 Å². The smallest absolute Gasteiger partial charge is 0.326 e. The highest BCUT2D eigenvalue weighted by molar-refractivity contribution is 5.82. The maximum absolute atomic E-state index is 12.6. The molecule has 0 aliphatic heterocycles. The molecule has 0 aromatic rings. The summed E-state index contributed by atoms with van der Waals surface area (Å²) in [6.45, 7) is 7.34. The van der Waals surface area contributed by atoms with Crippen LogP contribution in [0.15, 0.2) is 0 Å². The fraction of sp³-hybridized carbons (Fsp3) is 0.941. The van der Waals surface area contributed by atoms with Crippen molar-refractivity contribution in [2.24, 2.45) is 5.92 Å². The lowest BCUT2D eigenvalue weighted by atomic mass is 9.84. The number of carbonyl (C=O) groups excluding carboxylic acids is 1. The molecular weight excluding hydrogens is 266 g/mol. The quantitative estimate of drug-likeness (QED) is 0.665. The average Bonchev–Trinajstić information content (AvgIpc) is 3.19. The Balaban J connectivity index is 1.96. The largest absolute Gasteiger partial charge is 0.465 e. The van der Waals surface area contributed by atoms with Gasteiger partial charge in [0.05, 0.1) is 12.7 Å². The Kier molecular flexibility index (Phi) is 6.06. The molecule has 0 saturated heterocycles. The number of nitrogens with one attached hydrogen (secondary N) is 1. The van der Waals surface area contributed by atoms with E-state index in [4.69, 9.17) is 9.47 Å². The zero-order valence-electron chi connectivity index (χ0n) is 13.8. The molecule has 0 aromatic heterocycles. The summed E-state index contributed by atoms with van der Waals surface area (Å²) in [6, 6.07) is 0.519. The first-order valence-corrected chi connectivity index (χ1v) is 8.69. The van der Waals surface area contributed by atoms with Crippen molar-refractivity contribution in [3.63, 3.8) is 0 Å². The first kappa shape index (κ1) is 16.8. The summed E-state index contributed by atoms with van der Waals surface area (Å²) in [6.07, 6.45) is 7.79. The van der Waals surface area contributed by atoms with E-state index in [1.165, 1.54) is 12.8 Å². The molecule has 0 heterocycles. The Morgan fingerprint density at radius 2 is 2.10 bits per heavy atom. The standard InChI is InChI=1S/C17H31NO3/c1-4-13(3)21-12-10-14-7-6-11-17(14,16(19)20-5-2)18-15-8-9-15/h13-15,18H,4-12H2,1-3H3. The molecule has 0 radical (unpaired) electrons. The van der Waals surface area contributed by atoms with E-state index in [-0.39, 0.29) is 5.97 Å². The molecule has 0 spiro atoms. The molecule has 2 aliphatic rings. The molecular formula is C17H31NO3. The van der Waals surface area contributed by atoms with Gasteiger partial charge < -0.3 is 9.47 Å². The van der Waals surface area contributed by atoms with E-state index in [9.17, 15) is 4.79 Å². The molecule has 2 aliphatic carbocycles. The highest BCUT2D eigenvalue weighted by Gasteiger charge is 2.51. The monoisotopic (exact) mass is 297 g/mol. The van der Waals surface area contributed by atoms with Crippen molar-refractivity contribution in [3.05, 3.63) is 0 Å². The lowest BCUT2D eigenvalue weighted by Gasteiger charge is -2.34. The van der Waals surface area contributed by atoms with Gasteiger partial charge in [0.1, 0.15) is 5.54 Å². The van der Waals surface area contributed by atoms with E-state index in [0.717, 1.165) is 38.7 Å². The molecule has 0 aromatic carbocycles. The van der Waals surface area contributed by atoms with E-state index >= 15 is 0 Å². The van der Waals surface area contributed by atoms with Gasteiger partial charge in [-0.05, 0) is 58.3 Å².